The molecule has 0 aromatic heterocycles. The van der Waals surface area contributed by atoms with E-state index in [1.165, 1.54) is 29.2 Å². The Bertz CT molecular complexity index is 618. The SMILES string of the molecule is CCNC(c1ccc2cc(OC)ccc2c1)C(C)C1CC1. The molecule has 1 saturated carbocycles. The normalized spacial score (nSPS) is 17.7. The molecule has 2 heteroatoms. The molecule has 112 valence electrons. The second kappa shape index (κ2) is 6.07. The van der Waals surface area contributed by atoms with Crippen molar-refractivity contribution in [3.63, 3.8) is 0 Å². The molecule has 3 rings (SSSR count). The lowest BCUT2D eigenvalue weighted by molar-refractivity contribution is 0.355. The van der Waals surface area contributed by atoms with E-state index >= 15 is 0 Å². The van der Waals surface area contributed by atoms with Gasteiger partial charge in [0.25, 0.3) is 0 Å². The van der Waals surface area contributed by atoms with Crippen molar-refractivity contribution in [2.24, 2.45) is 11.8 Å². The first-order valence-corrected chi connectivity index (χ1v) is 8.04. The molecule has 2 aromatic carbocycles. The van der Waals surface area contributed by atoms with Crippen LogP contribution in [0.1, 0.15) is 38.3 Å². The Hall–Kier alpha value is -1.54. The van der Waals surface area contributed by atoms with Gasteiger partial charge in [-0.3, -0.25) is 0 Å². The Labute approximate surface area is 127 Å². The Balaban J connectivity index is 1.93. The second-order valence-electron chi connectivity index (χ2n) is 6.20. The van der Waals surface area contributed by atoms with Gasteiger partial charge >= 0.3 is 0 Å². The molecule has 0 amide bonds. The lowest BCUT2D eigenvalue weighted by atomic mass is 9.89. The van der Waals surface area contributed by atoms with Crippen molar-refractivity contribution in [3.8, 4) is 5.75 Å². The number of nitrogens with one attached hydrogen (secondary N) is 1. The molecule has 1 fully saturated rings. The standard InChI is InChI=1S/C19H25NO/c1-4-20-19(13(2)14-5-6-14)17-8-7-16-12-18(21-3)10-9-15(16)11-17/h7-14,19-20H,4-6H2,1-3H3. The third-order valence-corrected chi connectivity index (χ3v) is 4.75. The molecular formula is C19H25NO. The zero-order valence-corrected chi connectivity index (χ0v) is 13.2. The van der Waals surface area contributed by atoms with Crippen LogP contribution in [-0.2, 0) is 0 Å². The fraction of sp³-hybridized carbons (Fsp3) is 0.474. The number of rotatable bonds is 6. The van der Waals surface area contributed by atoms with Gasteiger partial charge in [0.05, 0.1) is 7.11 Å². The first kappa shape index (κ1) is 14.4. The van der Waals surface area contributed by atoms with Crippen LogP contribution in [0.3, 0.4) is 0 Å². The third kappa shape index (κ3) is 3.06. The molecule has 2 nitrogen and oxygen atoms in total. The van der Waals surface area contributed by atoms with Crippen molar-refractivity contribution in [1.82, 2.24) is 5.32 Å². The minimum Gasteiger partial charge on any atom is -0.497 e. The molecule has 2 atom stereocenters. The van der Waals surface area contributed by atoms with Gasteiger partial charge in [-0.25, -0.2) is 0 Å². The molecule has 0 spiro atoms. The summed E-state index contributed by atoms with van der Waals surface area (Å²) in [6, 6.07) is 13.6. The minimum absolute atomic E-state index is 0.467. The van der Waals surface area contributed by atoms with E-state index in [1.54, 1.807) is 7.11 Å². The molecular weight excluding hydrogens is 258 g/mol. The van der Waals surface area contributed by atoms with E-state index in [0.29, 0.717) is 12.0 Å². The molecule has 1 N–H and O–H groups in total. The maximum Gasteiger partial charge on any atom is 0.119 e. The van der Waals surface area contributed by atoms with Crippen LogP contribution in [0.2, 0.25) is 0 Å². The molecule has 1 aliphatic carbocycles. The van der Waals surface area contributed by atoms with Gasteiger partial charge in [0.1, 0.15) is 5.75 Å². The van der Waals surface area contributed by atoms with Crippen molar-refractivity contribution in [1.29, 1.82) is 0 Å². The lowest BCUT2D eigenvalue weighted by Crippen LogP contribution is -2.27. The van der Waals surface area contributed by atoms with Crippen LogP contribution in [0.25, 0.3) is 10.8 Å². The average Bonchev–Trinajstić information content (AvgIpc) is 3.36. The summed E-state index contributed by atoms with van der Waals surface area (Å²) in [6.07, 6.45) is 2.79. The van der Waals surface area contributed by atoms with E-state index in [0.717, 1.165) is 18.2 Å². The van der Waals surface area contributed by atoms with Crippen molar-refractivity contribution in [2.75, 3.05) is 13.7 Å². The van der Waals surface area contributed by atoms with Gasteiger partial charge in [0.2, 0.25) is 0 Å². The Morgan fingerprint density at radius 2 is 1.86 bits per heavy atom. The molecule has 2 unspecified atom stereocenters. The molecule has 0 aliphatic heterocycles. The van der Waals surface area contributed by atoms with Crippen LogP contribution in [0, 0.1) is 11.8 Å². The highest BCUT2D eigenvalue weighted by Gasteiger charge is 2.33. The van der Waals surface area contributed by atoms with Crippen molar-refractivity contribution in [3.05, 3.63) is 42.0 Å². The van der Waals surface area contributed by atoms with E-state index in [1.807, 2.05) is 6.07 Å². The van der Waals surface area contributed by atoms with Crippen LogP contribution >= 0.6 is 0 Å². The highest BCUT2D eigenvalue weighted by Crippen LogP contribution is 2.43. The van der Waals surface area contributed by atoms with E-state index in [-0.39, 0.29) is 0 Å². The van der Waals surface area contributed by atoms with E-state index in [2.05, 4.69) is 49.5 Å². The van der Waals surface area contributed by atoms with E-state index < -0.39 is 0 Å². The highest BCUT2D eigenvalue weighted by molar-refractivity contribution is 5.84. The van der Waals surface area contributed by atoms with E-state index in [4.69, 9.17) is 4.74 Å². The van der Waals surface area contributed by atoms with Crippen LogP contribution in [-0.4, -0.2) is 13.7 Å². The topological polar surface area (TPSA) is 21.3 Å². The molecule has 0 heterocycles. The fourth-order valence-electron chi connectivity index (χ4n) is 3.28. The van der Waals surface area contributed by atoms with E-state index in [9.17, 15) is 0 Å². The highest BCUT2D eigenvalue weighted by atomic mass is 16.5. The smallest absolute Gasteiger partial charge is 0.119 e. The summed E-state index contributed by atoms with van der Waals surface area (Å²) in [5.74, 6) is 2.53. The Morgan fingerprint density at radius 1 is 1.14 bits per heavy atom. The molecule has 1 aliphatic rings. The summed E-state index contributed by atoms with van der Waals surface area (Å²) in [5.41, 5.74) is 1.41. The number of ether oxygens (including phenoxy) is 1. The average molecular weight is 283 g/mol. The molecule has 21 heavy (non-hydrogen) atoms. The zero-order valence-electron chi connectivity index (χ0n) is 13.2. The quantitative estimate of drug-likeness (QED) is 0.840. The molecule has 2 aromatic rings. The van der Waals surface area contributed by atoms with Crippen molar-refractivity contribution >= 4 is 10.8 Å². The van der Waals surface area contributed by atoms with Crippen molar-refractivity contribution < 1.29 is 4.74 Å². The maximum absolute atomic E-state index is 5.30. The number of fused-ring (bicyclic) bond motifs is 1. The van der Waals surface area contributed by atoms with Crippen LogP contribution in [0.15, 0.2) is 36.4 Å². The fourth-order valence-corrected chi connectivity index (χ4v) is 3.28. The monoisotopic (exact) mass is 283 g/mol. The van der Waals surface area contributed by atoms with Crippen LogP contribution in [0.4, 0.5) is 0 Å². The first-order valence-electron chi connectivity index (χ1n) is 8.04. The Kier molecular flexibility index (Phi) is 4.16. The summed E-state index contributed by atoms with van der Waals surface area (Å²) in [5, 5.41) is 6.22. The van der Waals surface area contributed by atoms with Crippen LogP contribution in [0.5, 0.6) is 5.75 Å². The number of hydrogen-bond donors (Lipinski definition) is 1. The van der Waals surface area contributed by atoms with Gasteiger partial charge in [0, 0.05) is 6.04 Å². The molecule has 0 bridgehead atoms. The van der Waals surface area contributed by atoms with Gasteiger partial charge in [0.15, 0.2) is 0 Å². The second-order valence-corrected chi connectivity index (χ2v) is 6.20. The van der Waals surface area contributed by atoms with Gasteiger partial charge in [-0.1, -0.05) is 32.0 Å². The summed E-state index contributed by atoms with van der Waals surface area (Å²) < 4.78 is 5.30. The predicted molar refractivity (Wildman–Crippen MR) is 88.8 cm³/mol. The summed E-state index contributed by atoms with van der Waals surface area (Å²) in [6.45, 7) is 5.60. The predicted octanol–water partition coefficient (Wildman–Crippen LogP) is 4.55. The number of methoxy groups -OCH3 is 1. The lowest BCUT2D eigenvalue weighted by Gasteiger charge is -2.25. The zero-order chi connectivity index (χ0) is 14.8. The summed E-state index contributed by atoms with van der Waals surface area (Å²) in [7, 11) is 1.72. The number of benzene rings is 2. The largest absolute Gasteiger partial charge is 0.497 e. The van der Waals surface area contributed by atoms with Gasteiger partial charge in [-0.05, 0) is 65.8 Å². The van der Waals surface area contributed by atoms with Gasteiger partial charge in [-0.2, -0.15) is 0 Å². The third-order valence-electron chi connectivity index (χ3n) is 4.75. The summed E-state index contributed by atoms with van der Waals surface area (Å²) >= 11 is 0. The first-order chi connectivity index (χ1) is 10.2. The van der Waals surface area contributed by atoms with Crippen molar-refractivity contribution in [2.45, 2.75) is 32.7 Å². The molecule has 0 saturated heterocycles. The number of hydrogen-bond acceptors (Lipinski definition) is 2. The minimum atomic E-state index is 0.467. The maximum atomic E-state index is 5.30. The van der Waals surface area contributed by atoms with Gasteiger partial charge in [-0.15, -0.1) is 0 Å². The van der Waals surface area contributed by atoms with Crippen LogP contribution < -0.4 is 10.1 Å². The van der Waals surface area contributed by atoms with Gasteiger partial charge < -0.3 is 10.1 Å². The summed E-state index contributed by atoms with van der Waals surface area (Å²) in [4.78, 5) is 0. The Morgan fingerprint density at radius 3 is 2.52 bits per heavy atom. The molecule has 0 radical (unpaired) electrons.